The summed E-state index contributed by atoms with van der Waals surface area (Å²) in [6.45, 7) is 0. The van der Waals surface area contributed by atoms with Gasteiger partial charge < -0.3 is 5.11 Å². The number of carbonyl (C=O) groups is 2. The van der Waals surface area contributed by atoms with E-state index in [-0.39, 0.29) is 6.42 Å². The number of carbonyl (C=O) groups excluding carboxylic acids is 1. The lowest BCUT2D eigenvalue weighted by Gasteiger charge is -2.00. The van der Waals surface area contributed by atoms with Crippen LogP contribution < -0.4 is 0 Å². The molecule has 2 rings (SSSR count). The predicted molar refractivity (Wildman–Crippen MR) is 58.1 cm³/mol. The smallest absolute Gasteiger partial charge is 0.372 e. The SMILES string of the molecule is O=C(O)C(=O)Cc1ccc2ccccc2n1. The van der Waals surface area contributed by atoms with Crippen LogP contribution in [0.4, 0.5) is 0 Å². The van der Waals surface area contributed by atoms with Gasteiger partial charge >= 0.3 is 5.97 Å². The predicted octanol–water partition coefficient (Wildman–Crippen LogP) is 1.43. The number of hydrogen-bond donors (Lipinski definition) is 1. The van der Waals surface area contributed by atoms with Crippen molar-refractivity contribution in [3.63, 3.8) is 0 Å². The van der Waals surface area contributed by atoms with Crippen molar-refractivity contribution in [3.8, 4) is 0 Å². The van der Waals surface area contributed by atoms with Crippen molar-refractivity contribution in [1.29, 1.82) is 0 Å². The lowest BCUT2D eigenvalue weighted by Crippen LogP contribution is -2.15. The Morgan fingerprint density at radius 1 is 1.12 bits per heavy atom. The van der Waals surface area contributed by atoms with E-state index in [2.05, 4.69) is 4.98 Å². The summed E-state index contributed by atoms with van der Waals surface area (Å²) in [5.74, 6) is -2.27. The topological polar surface area (TPSA) is 67.3 Å². The molecule has 0 aliphatic rings. The quantitative estimate of drug-likeness (QED) is 0.786. The second kappa shape index (κ2) is 4.10. The molecule has 0 amide bonds. The molecular weight excluding hydrogens is 206 g/mol. The summed E-state index contributed by atoms with van der Waals surface area (Å²) in [7, 11) is 0. The molecule has 16 heavy (non-hydrogen) atoms. The molecule has 1 heterocycles. The minimum atomic E-state index is -1.42. The number of para-hydroxylation sites is 1. The first-order chi connectivity index (χ1) is 7.66. The van der Waals surface area contributed by atoms with E-state index in [1.165, 1.54) is 0 Å². The van der Waals surface area contributed by atoms with Gasteiger partial charge in [-0.05, 0) is 12.1 Å². The molecule has 0 saturated carbocycles. The Morgan fingerprint density at radius 2 is 1.88 bits per heavy atom. The number of aromatic nitrogens is 1. The van der Waals surface area contributed by atoms with Gasteiger partial charge in [0.2, 0.25) is 5.78 Å². The minimum Gasteiger partial charge on any atom is -0.475 e. The fraction of sp³-hybridized carbons (Fsp3) is 0.0833. The van der Waals surface area contributed by atoms with Crippen LogP contribution in [0, 0.1) is 0 Å². The number of hydrogen-bond acceptors (Lipinski definition) is 3. The molecule has 0 unspecified atom stereocenters. The Hall–Kier alpha value is -2.23. The highest BCUT2D eigenvalue weighted by atomic mass is 16.4. The zero-order chi connectivity index (χ0) is 11.5. The number of pyridine rings is 1. The van der Waals surface area contributed by atoms with Crippen LogP contribution >= 0.6 is 0 Å². The summed E-state index contributed by atoms with van der Waals surface area (Å²) in [6.07, 6.45) is -0.167. The lowest BCUT2D eigenvalue weighted by molar-refractivity contribution is -0.148. The van der Waals surface area contributed by atoms with Crippen molar-refractivity contribution < 1.29 is 14.7 Å². The van der Waals surface area contributed by atoms with Gasteiger partial charge in [0.1, 0.15) is 0 Å². The highest BCUT2D eigenvalue weighted by Crippen LogP contribution is 2.12. The third-order valence-corrected chi connectivity index (χ3v) is 2.24. The molecule has 0 aliphatic carbocycles. The van der Waals surface area contributed by atoms with Gasteiger partial charge in [-0.3, -0.25) is 9.78 Å². The van der Waals surface area contributed by atoms with Crippen LogP contribution in [0.3, 0.4) is 0 Å². The maximum Gasteiger partial charge on any atom is 0.372 e. The molecule has 1 aromatic carbocycles. The van der Waals surface area contributed by atoms with E-state index in [1.807, 2.05) is 30.3 Å². The maximum atomic E-state index is 11.0. The molecule has 0 saturated heterocycles. The standard InChI is InChI=1S/C12H9NO3/c14-11(12(15)16)7-9-6-5-8-3-1-2-4-10(8)13-9/h1-6H,7H2,(H,15,16). The zero-order valence-electron chi connectivity index (χ0n) is 8.38. The van der Waals surface area contributed by atoms with Crippen LogP contribution in [0.15, 0.2) is 36.4 Å². The number of carboxylic acid groups (broad SMARTS) is 1. The maximum absolute atomic E-state index is 11.0. The molecule has 0 fully saturated rings. The number of fused-ring (bicyclic) bond motifs is 1. The van der Waals surface area contributed by atoms with Crippen LogP contribution in [-0.4, -0.2) is 21.8 Å². The Bertz CT molecular complexity index is 563. The third-order valence-electron chi connectivity index (χ3n) is 2.24. The average Bonchev–Trinajstić information content (AvgIpc) is 2.28. The van der Waals surface area contributed by atoms with E-state index in [9.17, 15) is 9.59 Å². The van der Waals surface area contributed by atoms with E-state index in [1.54, 1.807) is 6.07 Å². The van der Waals surface area contributed by atoms with Crippen molar-refractivity contribution in [3.05, 3.63) is 42.1 Å². The van der Waals surface area contributed by atoms with E-state index in [0.717, 1.165) is 10.9 Å². The first-order valence-electron chi connectivity index (χ1n) is 4.77. The summed E-state index contributed by atoms with van der Waals surface area (Å²) in [5.41, 5.74) is 1.24. The van der Waals surface area contributed by atoms with E-state index in [0.29, 0.717) is 5.69 Å². The van der Waals surface area contributed by atoms with Crippen molar-refractivity contribution in [2.24, 2.45) is 0 Å². The lowest BCUT2D eigenvalue weighted by atomic mass is 10.1. The Balaban J connectivity index is 2.33. The second-order valence-corrected chi connectivity index (χ2v) is 3.40. The largest absolute Gasteiger partial charge is 0.475 e. The summed E-state index contributed by atoms with van der Waals surface area (Å²) in [4.78, 5) is 25.6. The van der Waals surface area contributed by atoms with E-state index < -0.39 is 11.8 Å². The Kier molecular flexibility index (Phi) is 2.64. The first-order valence-corrected chi connectivity index (χ1v) is 4.77. The van der Waals surface area contributed by atoms with Gasteiger partial charge in [-0.1, -0.05) is 24.3 Å². The van der Waals surface area contributed by atoms with Gasteiger partial charge in [0.25, 0.3) is 0 Å². The van der Waals surface area contributed by atoms with Gasteiger partial charge in [0.15, 0.2) is 0 Å². The summed E-state index contributed by atoms with van der Waals surface area (Å²) in [5, 5.41) is 9.45. The number of Topliss-reactive ketones (excluding diaryl/α,β-unsaturated/α-hetero) is 1. The van der Waals surface area contributed by atoms with Crippen molar-refractivity contribution in [1.82, 2.24) is 4.98 Å². The van der Waals surface area contributed by atoms with Crippen LogP contribution in [0.25, 0.3) is 10.9 Å². The summed E-state index contributed by atoms with van der Waals surface area (Å²) >= 11 is 0. The summed E-state index contributed by atoms with van der Waals surface area (Å²) < 4.78 is 0. The average molecular weight is 215 g/mol. The zero-order valence-corrected chi connectivity index (χ0v) is 8.38. The number of carboxylic acids is 1. The van der Waals surface area contributed by atoms with Crippen LogP contribution in [0.1, 0.15) is 5.69 Å². The fourth-order valence-electron chi connectivity index (χ4n) is 1.45. The van der Waals surface area contributed by atoms with Gasteiger partial charge in [-0.2, -0.15) is 0 Å². The van der Waals surface area contributed by atoms with Crippen molar-refractivity contribution >= 4 is 22.7 Å². The fourth-order valence-corrected chi connectivity index (χ4v) is 1.45. The number of nitrogens with zero attached hydrogens (tertiary/aromatic N) is 1. The molecular formula is C12H9NO3. The monoisotopic (exact) mass is 215 g/mol. The van der Waals surface area contributed by atoms with Crippen LogP contribution in [0.5, 0.6) is 0 Å². The molecule has 0 aliphatic heterocycles. The number of aliphatic carboxylic acids is 1. The van der Waals surface area contributed by atoms with Crippen molar-refractivity contribution in [2.45, 2.75) is 6.42 Å². The normalized spacial score (nSPS) is 10.2. The molecule has 4 heteroatoms. The Labute approximate surface area is 91.5 Å². The molecule has 1 aromatic heterocycles. The molecule has 2 aromatic rings. The van der Waals surface area contributed by atoms with Crippen LogP contribution in [-0.2, 0) is 16.0 Å². The van der Waals surface area contributed by atoms with E-state index in [4.69, 9.17) is 5.11 Å². The molecule has 0 spiro atoms. The van der Waals surface area contributed by atoms with Gasteiger partial charge in [-0.15, -0.1) is 0 Å². The summed E-state index contributed by atoms with van der Waals surface area (Å²) in [6, 6.07) is 11.0. The molecule has 4 nitrogen and oxygen atoms in total. The molecule has 1 N–H and O–H groups in total. The highest BCUT2D eigenvalue weighted by molar-refractivity contribution is 6.33. The molecule has 80 valence electrons. The third kappa shape index (κ3) is 2.06. The van der Waals surface area contributed by atoms with Gasteiger partial charge in [0.05, 0.1) is 11.9 Å². The number of rotatable bonds is 3. The minimum absolute atomic E-state index is 0.167. The molecule has 0 radical (unpaired) electrons. The molecule has 0 atom stereocenters. The van der Waals surface area contributed by atoms with Gasteiger partial charge in [0, 0.05) is 11.1 Å². The number of ketones is 1. The van der Waals surface area contributed by atoms with Gasteiger partial charge in [-0.25, -0.2) is 4.79 Å². The first kappa shape index (κ1) is 10.3. The number of benzene rings is 1. The van der Waals surface area contributed by atoms with E-state index >= 15 is 0 Å². The second-order valence-electron chi connectivity index (χ2n) is 3.40. The molecule has 0 bridgehead atoms. The van der Waals surface area contributed by atoms with Crippen molar-refractivity contribution in [2.75, 3.05) is 0 Å². The highest BCUT2D eigenvalue weighted by Gasteiger charge is 2.12. The Morgan fingerprint density at radius 3 is 2.62 bits per heavy atom. The van der Waals surface area contributed by atoms with Crippen LogP contribution in [0.2, 0.25) is 0 Å².